The largest absolute Gasteiger partial charge is 0.493 e. The number of benzene rings is 2. The van der Waals surface area contributed by atoms with Crippen molar-refractivity contribution in [1.82, 2.24) is 15.5 Å². The van der Waals surface area contributed by atoms with Crippen LogP contribution >= 0.6 is 0 Å². The van der Waals surface area contributed by atoms with Crippen molar-refractivity contribution < 1.29 is 27.9 Å². The molecule has 0 saturated carbocycles. The maximum Gasteiger partial charge on any atom is 0.254 e. The Hall–Kier alpha value is -3.62. The molecule has 0 fully saturated rings. The van der Waals surface area contributed by atoms with Gasteiger partial charge in [0.05, 0.1) is 26.9 Å². The molecule has 1 amide bonds. The zero-order chi connectivity index (χ0) is 21.0. The minimum absolute atomic E-state index is 0.0660. The van der Waals surface area contributed by atoms with E-state index in [0.29, 0.717) is 22.8 Å². The number of hydrogen-bond acceptors (Lipinski definition) is 7. The molecule has 0 aliphatic heterocycles. The molecule has 0 radical (unpaired) electrons. The van der Waals surface area contributed by atoms with E-state index in [1.165, 1.54) is 39.5 Å². The molecule has 3 aromatic rings. The van der Waals surface area contributed by atoms with Crippen LogP contribution in [0.1, 0.15) is 29.2 Å². The van der Waals surface area contributed by atoms with Crippen molar-refractivity contribution in [2.75, 3.05) is 21.3 Å². The van der Waals surface area contributed by atoms with Gasteiger partial charge in [0, 0.05) is 5.56 Å². The molecule has 2 aromatic carbocycles. The number of amides is 1. The third kappa shape index (κ3) is 4.13. The first-order chi connectivity index (χ1) is 14.0. The van der Waals surface area contributed by atoms with Gasteiger partial charge in [0.1, 0.15) is 11.9 Å². The number of ether oxygens (including phenoxy) is 3. The van der Waals surface area contributed by atoms with Gasteiger partial charge in [-0.25, -0.2) is 4.39 Å². The molecule has 0 bridgehead atoms. The summed E-state index contributed by atoms with van der Waals surface area (Å²) < 4.78 is 35.0. The summed E-state index contributed by atoms with van der Waals surface area (Å²) in [5.41, 5.74) is 0.505. The molecule has 1 atom stereocenters. The van der Waals surface area contributed by atoms with Gasteiger partial charge in [-0.1, -0.05) is 17.3 Å². The Bertz CT molecular complexity index is 996. The third-order valence-electron chi connectivity index (χ3n) is 4.20. The first-order valence-corrected chi connectivity index (χ1v) is 8.67. The van der Waals surface area contributed by atoms with Gasteiger partial charge in [-0.2, -0.15) is 4.98 Å². The average molecular weight is 401 g/mol. The summed E-state index contributed by atoms with van der Waals surface area (Å²) in [5, 5.41) is 6.58. The summed E-state index contributed by atoms with van der Waals surface area (Å²) in [7, 11) is 4.51. The Kier molecular flexibility index (Phi) is 5.96. The molecule has 1 aromatic heterocycles. The van der Waals surface area contributed by atoms with Gasteiger partial charge in [-0.15, -0.1) is 0 Å². The normalized spacial score (nSPS) is 11.6. The Balaban J connectivity index is 1.83. The molecule has 1 N–H and O–H groups in total. The van der Waals surface area contributed by atoms with Crippen molar-refractivity contribution in [3.05, 3.63) is 53.7 Å². The Labute approximate surface area is 166 Å². The fourth-order valence-electron chi connectivity index (χ4n) is 2.72. The van der Waals surface area contributed by atoms with Crippen LogP contribution in [0.15, 0.2) is 40.9 Å². The minimum Gasteiger partial charge on any atom is -0.493 e. The molecule has 3 rings (SSSR count). The summed E-state index contributed by atoms with van der Waals surface area (Å²) in [6.45, 7) is 1.66. The molecule has 0 aliphatic carbocycles. The summed E-state index contributed by atoms with van der Waals surface area (Å²) in [4.78, 5) is 16.6. The smallest absolute Gasteiger partial charge is 0.254 e. The van der Waals surface area contributed by atoms with Gasteiger partial charge in [0.2, 0.25) is 17.5 Å². The molecule has 0 unspecified atom stereocenters. The molecular formula is C20H20FN3O5. The number of hydrogen-bond donors (Lipinski definition) is 1. The number of carbonyl (C=O) groups is 1. The molecule has 1 heterocycles. The van der Waals surface area contributed by atoms with E-state index in [1.807, 2.05) is 0 Å². The summed E-state index contributed by atoms with van der Waals surface area (Å²) >= 11 is 0. The van der Waals surface area contributed by atoms with Gasteiger partial charge in [-0.05, 0) is 31.2 Å². The Morgan fingerprint density at radius 3 is 2.34 bits per heavy atom. The third-order valence-corrected chi connectivity index (χ3v) is 4.20. The number of nitrogens with one attached hydrogen (secondary N) is 1. The van der Waals surface area contributed by atoms with Crippen molar-refractivity contribution in [3.63, 3.8) is 0 Å². The first kappa shape index (κ1) is 20.1. The second-order valence-electron chi connectivity index (χ2n) is 6.05. The van der Waals surface area contributed by atoms with Crippen LogP contribution in [0.3, 0.4) is 0 Å². The van der Waals surface area contributed by atoms with Gasteiger partial charge in [0.25, 0.3) is 5.91 Å². The Morgan fingerprint density at radius 2 is 1.76 bits per heavy atom. The highest BCUT2D eigenvalue weighted by Gasteiger charge is 2.21. The second-order valence-corrected chi connectivity index (χ2v) is 6.05. The van der Waals surface area contributed by atoms with Crippen LogP contribution in [0.5, 0.6) is 17.2 Å². The van der Waals surface area contributed by atoms with Crippen LogP contribution in [-0.2, 0) is 0 Å². The monoisotopic (exact) mass is 401 g/mol. The topological polar surface area (TPSA) is 95.7 Å². The lowest BCUT2D eigenvalue weighted by Gasteiger charge is -2.12. The predicted molar refractivity (Wildman–Crippen MR) is 102 cm³/mol. The van der Waals surface area contributed by atoms with Crippen molar-refractivity contribution >= 4 is 5.91 Å². The molecule has 9 heteroatoms. The van der Waals surface area contributed by atoms with E-state index >= 15 is 0 Å². The fourth-order valence-corrected chi connectivity index (χ4v) is 2.72. The van der Waals surface area contributed by atoms with Crippen LogP contribution < -0.4 is 19.5 Å². The zero-order valence-corrected chi connectivity index (χ0v) is 16.4. The van der Waals surface area contributed by atoms with E-state index in [0.717, 1.165) is 0 Å². The summed E-state index contributed by atoms with van der Waals surface area (Å²) in [6, 6.07) is 8.43. The van der Waals surface area contributed by atoms with Crippen LogP contribution in [0.4, 0.5) is 4.39 Å². The van der Waals surface area contributed by atoms with Gasteiger partial charge in [-0.3, -0.25) is 4.79 Å². The van der Waals surface area contributed by atoms with Crippen LogP contribution in [-0.4, -0.2) is 37.4 Å². The highest BCUT2D eigenvalue weighted by atomic mass is 19.1. The lowest BCUT2D eigenvalue weighted by molar-refractivity contribution is 0.0928. The fraction of sp³-hybridized carbons (Fsp3) is 0.250. The lowest BCUT2D eigenvalue weighted by Crippen LogP contribution is -2.27. The highest BCUT2D eigenvalue weighted by molar-refractivity contribution is 5.94. The second kappa shape index (κ2) is 8.59. The predicted octanol–water partition coefficient (Wildman–Crippen LogP) is 3.39. The number of rotatable bonds is 7. The lowest BCUT2D eigenvalue weighted by atomic mass is 10.1. The molecule has 8 nitrogen and oxygen atoms in total. The van der Waals surface area contributed by atoms with Crippen molar-refractivity contribution in [2.45, 2.75) is 13.0 Å². The van der Waals surface area contributed by atoms with Crippen molar-refractivity contribution in [3.8, 4) is 28.6 Å². The number of halogens is 1. The molecule has 29 heavy (non-hydrogen) atoms. The van der Waals surface area contributed by atoms with E-state index in [2.05, 4.69) is 15.5 Å². The quantitative estimate of drug-likeness (QED) is 0.648. The maximum absolute atomic E-state index is 13.8. The van der Waals surface area contributed by atoms with Crippen LogP contribution in [0, 0.1) is 5.82 Å². The molecule has 152 valence electrons. The van der Waals surface area contributed by atoms with Gasteiger partial charge < -0.3 is 24.1 Å². The molecular weight excluding hydrogens is 381 g/mol. The van der Waals surface area contributed by atoms with E-state index in [1.54, 1.807) is 25.1 Å². The molecule has 0 saturated heterocycles. The number of carbonyl (C=O) groups excluding carboxylic acids is 1. The highest BCUT2D eigenvalue weighted by Crippen LogP contribution is 2.40. The standard InChI is InChI=1S/C20H20FN3O5/c1-11(22-19(25)13-7-5-6-8-14(13)21)20-23-18(24-29-20)12-9-15(26-2)17(28-4)16(10-12)27-3/h5-11H,1-4H3,(H,22,25)/t11-/m1/s1. The van der Waals surface area contributed by atoms with E-state index < -0.39 is 17.8 Å². The Morgan fingerprint density at radius 1 is 1.10 bits per heavy atom. The zero-order valence-electron chi connectivity index (χ0n) is 16.4. The van der Waals surface area contributed by atoms with Crippen LogP contribution in [0.2, 0.25) is 0 Å². The molecule has 0 aliphatic rings. The van der Waals surface area contributed by atoms with Crippen LogP contribution in [0.25, 0.3) is 11.4 Å². The van der Waals surface area contributed by atoms with Gasteiger partial charge in [0.15, 0.2) is 11.5 Å². The average Bonchev–Trinajstić information content (AvgIpc) is 3.23. The van der Waals surface area contributed by atoms with Gasteiger partial charge >= 0.3 is 0 Å². The minimum atomic E-state index is -0.634. The van der Waals surface area contributed by atoms with E-state index in [4.69, 9.17) is 18.7 Å². The van der Waals surface area contributed by atoms with E-state index in [9.17, 15) is 9.18 Å². The first-order valence-electron chi connectivity index (χ1n) is 8.67. The number of nitrogens with zero attached hydrogens (tertiary/aromatic N) is 2. The van der Waals surface area contributed by atoms with Crippen molar-refractivity contribution in [1.29, 1.82) is 0 Å². The number of methoxy groups -OCH3 is 3. The van der Waals surface area contributed by atoms with Crippen molar-refractivity contribution in [2.24, 2.45) is 0 Å². The number of aromatic nitrogens is 2. The molecule has 0 spiro atoms. The van der Waals surface area contributed by atoms with E-state index in [-0.39, 0.29) is 17.3 Å². The summed E-state index contributed by atoms with van der Waals surface area (Å²) in [6.07, 6.45) is 0. The maximum atomic E-state index is 13.8. The summed E-state index contributed by atoms with van der Waals surface area (Å²) in [5.74, 6) is 0.560. The SMILES string of the molecule is COc1cc(-c2noc([C@@H](C)NC(=O)c3ccccc3F)n2)cc(OC)c1OC.